The highest BCUT2D eigenvalue weighted by atomic mass is 32.2. The second-order valence-corrected chi connectivity index (χ2v) is 8.06. The number of carbonyl (C=O) groups excluding carboxylic acids is 1. The summed E-state index contributed by atoms with van der Waals surface area (Å²) in [4.78, 5) is 12.7. The third kappa shape index (κ3) is 4.19. The smallest absolute Gasteiger partial charge is 0.237 e. The Morgan fingerprint density at radius 3 is 2.69 bits per heavy atom. The Morgan fingerprint density at radius 2 is 1.90 bits per heavy atom. The predicted molar refractivity (Wildman–Crippen MR) is 110 cm³/mol. The molecule has 150 valence electrons. The molecule has 2 aromatic carbocycles. The van der Waals surface area contributed by atoms with Gasteiger partial charge < -0.3 is 14.8 Å². The highest BCUT2D eigenvalue weighted by Gasteiger charge is 2.20. The molecule has 8 nitrogen and oxygen atoms in total. The Hall–Kier alpha value is -3.07. The Morgan fingerprint density at radius 1 is 1.10 bits per heavy atom. The molecule has 1 N–H and O–H groups in total. The van der Waals surface area contributed by atoms with Gasteiger partial charge in [-0.15, -0.1) is 5.10 Å². The summed E-state index contributed by atoms with van der Waals surface area (Å²) < 4.78 is 12.7. The van der Waals surface area contributed by atoms with E-state index >= 15 is 0 Å². The van der Waals surface area contributed by atoms with Crippen molar-refractivity contribution < 1.29 is 14.3 Å². The van der Waals surface area contributed by atoms with Gasteiger partial charge in [-0.2, -0.15) is 4.68 Å². The van der Waals surface area contributed by atoms with Crippen LogP contribution in [0, 0.1) is 13.8 Å². The number of carbonyl (C=O) groups is 1. The quantitative estimate of drug-likeness (QED) is 0.645. The SMILES string of the molecule is Cc1ccc(-n2nnnc2SC(C)C(=O)Nc2ccc3c(c2)OCCO3)cc1C. The predicted octanol–water partition coefficient (Wildman–Crippen LogP) is 3.17. The number of benzene rings is 2. The third-order valence-corrected chi connectivity index (χ3v) is 5.67. The second kappa shape index (κ2) is 8.12. The number of thioether (sulfide) groups is 1. The molecule has 4 rings (SSSR count). The zero-order valence-corrected chi connectivity index (χ0v) is 17.2. The lowest BCUT2D eigenvalue weighted by Gasteiger charge is -2.19. The minimum Gasteiger partial charge on any atom is -0.486 e. The van der Waals surface area contributed by atoms with Crippen LogP contribution in [-0.2, 0) is 4.79 Å². The van der Waals surface area contributed by atoms with Crippen LogP contribution in [0.5, 0.6) is 11.5 Å². The molecule has 0 aliphatic carbocycles. The Labute approximate surface area is 172 Å². The second-order valence-electron chi connectivity index (χ2n) is 6.75. The maximum absolute atomic E-state index is 12.7. The minimum absolute atomic E-state index is 0.152. The summed E-state index contributed by atoms with van der Waals surface area (Å²) >= 11 is 1.30. The van der Waals surface area contributed by atoms with Crippen LogP contribution >= 0.6 is 11.8 Å². The number of aryl methyl sites for hydroxylation is 2. The van der Waals surface area contributed by atoms with Crippen LogP contribution in [0.25, 0.3) is 5.69 Å². The molecule has 9 heteroatoms. The Balaban J connectivity index is 1.46. The van der Waals surface area contributed by atoms with Gasteiger partial charge in [-0.25, -0.2) is 0 Å². The van der Waals surface area contributed by atoms with Crippen LogP contribution in [0.4, 0.5) is 5.69 Å². The van der Waals surface area contributed by atoms with Crippen molar-refractivity contribution in [3.63, 3.8) is 0 Å². The summed E-state index contributed by atoms with van der Waals surface area (Å²) in [5.41, 5.74) is 3.86. The van der Waals surface area contributed by atoms with Gasteiger partial charge in [0.1, 0.15) is 13.2 Å². The molecular weight excluding hydrogens is 390 g/mol. The molecule has 29 heavy (non-hydrogen) atoms. The summed E-state index contributed by atoms with van der Waals surface area (Å²) in [5, 5.41) is 15.0. The van der Waals surface area contributed by atoms with Gasteiger partial charge in [0, 0.05) is 11.8 Å². The van der Waals surface area contributed by atoms with E-state index in [-0.39, 0.29) is 5.91 Å². The summed E-state index contributed by atoms with van der Waals surface area (Å²) in [6.07, 6.45) is 0. The van der Waals surface area contributed by atoms with E-state index in [2.05, 4.69) is 27.8 Å². The van der Waals surface area contributed by atoms with Gasteiger partial charge in [0.05, 0.1) is 10.9 Å². The lowest BCUT2D eigenvalue weighted by atomic mass is 10.1. The first-order valence-corrected chi connectivity index (χ1v) is 10.1. The van der Waals surface area contributed by atoms with Gasteiger partial charge >= 0.3 is 0 Å². The largest absolute Gasteiger partial charge is 0.486 e. The van der Waals surface area contributed by atoms with Gasteiger partial charge in [-0.3, -0.25) is 4.79 Å². The highest BCUT2D eigenvalue weighted by Crippen LogP contribution is 2.33. The average molecular weight is 411 g/mol. The van der Waals surface area contributed by atoms with Crippen LogP contribution in [-0.4, -0.2) is 44.6 Å². The number of rotatable bonds is 5. The molecule has 0 saturated heterocycles. The van der Waals surface area contributed by atoms with Crippen molar-refractivity contribution in [3.8, 4) is 17.2 Å². The monoisotopic (exact) mass is 411 g/mol. The number of nitrogens with one attached hydrogen (secondary N) is 1. The van der Waals surface area contributed by atoms with E-state index in [1.807, 2.05) is 32.0 Å². The van der Waals surface area contributed by atoms with Crippen molar-refractivity contribution in [2.75, 3.05) is 18.5 Å². The lowest BCUT2D eigenvalue weighted by molar-refractivity contribution is -0.115. The van der Waals surface area contributed by atoms with E-state index < -0.39 is 5.25 Å². The summed E-state index contributed by atoms with van der Waals surface area (Å²) in [6, 6.07) is 11.4. The molecule has 1 aromatic heterocycles. The normalized spacial score (nSPS) is 13.8. The van der Waals surface area contributed by atoms with E-state index in [1.54, 1.807) is 22.9 Å². The van der Waals surface area contributed by atoms with Crippen LogP contribution in [0.3, 0.4) is 0 Å². The molecule has 0 saturated carbocycles. The number of amides is 1. The molecule has 1 aliphatic rings. The first-order valence-electron chi connectivity index (χ1n) is 9.24. The zero-order valence-electron chi connectivity index (χ0n) is 16.4. The molecule has 0 radical (unpaired) electrons. The average Bonchev–Trinajstić information content (AvgIpc) is 3.18. The first kappa shape index (κ1) is 19.3. The first-order chi connectivity index (χ1) is 14.0. The number of aromatic nitrogens is 4. The van der Waals surface area contributed by atoms with Crippen molar-refractivity contribution >= 4 is 23.4 Å². The van der Waals surface area contributed by atoms with E-state index in [1.165, 1.54) is 17.3 Å². The fourth-order valence-corrected chi connectivity index (χ4v) is 3.66. The van der Waals surface area contributed by atoms with Gasteiger partial charge in [0.15, 0.2) is 11.5 Å². The van der Waals surface area contributed by atoms with Crippen molar-refractivity contribution in [2.45, 2.75) is 31.2 Å². The van der Waals surface area contributed by atoms with Crippen LogP contribution in [0.1, 0.15) is 18.1 Å². The van der Waals surface area contributed by atoms with E-state index in [0.29, 0.717) is 35.6 Å². The summed E-state index contributed by atoms with van der Waals surface area (Å²) in [5.74, 6) is 1.17. The molecule has 1 unspecified atom stereocenters. The van der Waals surface area contributed by atoms with Crippen molar-refractivity contribution in [3.05, 3.63) is 47.5 Å². The maximum atomic E-state index is 12.7. The van der Waals surface area contributed by atoms with Crippen molar-refractivity contribution in [1.82, 2.24) is 20.2 Å². The number of hydrogen-bond donors (Lipinski definition) is 1. The lowest BCUT2D eigenvalue weighted by Crippen LogP contribution is -2.23. The summed E-state index contributed by atoms with van der Waals surface area (Å²) in [7, 11) is 0. The molecule has 1 atom stereocenters. The molecule has 0 fully saturated rings. The number of hydrogen-bond acceptors (Lipinski definition) is 7. The van der Waals surface area contributed by atoms with Crippen molar-refractivity contribution in [1.29, 1.82) is 0 Å². The van der Waals surface area contributed by atoms with Crippen LogP contribution in [0.15, 0.2) is 41.6 Å². The molecule has 2 heterocycles. The van der Waals surface area contributed by atoms with E-state index in [0.717, 1.165) is 11.3 Å². The van der Waals surface area contributed by atoms with Gasteiger partial charge in [0.2, 0.25) is 11.1 Å². The Kier molecular flexibility index (Phi) is 5.39. The maximum Gasteiger partial charge on any atom is 0.237 e. The van der Waals surface area contributed by atoms with Gasteiger partial charge in [-0.05, 0) is 66.6 Å². The van der Waals surface area contributed by atoms with E-state index in [9.17, 15) is 4.79 Å². The zero-order chi connectivity index (χ0) is 20.4. The summed E-state index contributed by atoms with van der Waals surface area (Å²) in [6.45, 7) is 6.94. The topological polar surface area (TPSA) is 91.2 Å². The fraction of sp³-hybridized carbons (Fsp3) is 0.300. The van der Waals surface area contributed by atoms with Crippen molar-refractivity contribution in [2.24, 2.45) is 0 Å². The molecule has 0 bridgehead atoms. The third-order valence-electron chi connectivity index (χ3n) is 4.64. The number of anilines is 1. The highest BCUT2D eigenvalue weighted by molar-refractivity contribution is 8.00. The number of fused-ring (bicyclic) bond motifs is 1. The Bertz CT molecular complexity index is 1050. The minimum atomic E-state index is -0.403. The molecular formula is C20H21N5O3S. The molecule has 0 spiro atoms. The number of nitrogens with zero attached hydrogens (tertiary/aromatic N) is 4. The van der Waals surface area contributed by atoms with E-state index in [4.69, 9.17) is 9.47 Å². The molecule has 1 aliphatic heterocycles. The van der Waals surface area contributed by atoms with Gasteiger partial charge in [-0.1, -0.05) is 17.8 Å². The number of tetrazole rings is 1. The van der Waals surface area contributed by atoms with Gasteiger partial charge in [0.25, 0.3) is 0 Å². The number of ether oxygens (including phenoxy) is 2. The van der Waals surface area contributed by atoms with Crippen LogP contribution < -0.4 is 14.8 Å². The molecule has 3 aromatic rings. The molecule has 1 amide bonds. The van der Waals surface area contributed by atoms with Crippen LogP contribution in [0.2, 0.25) is 0 Å². The fourth-order valence-electron chi connectivity index (χ4n) is 2.85. The standard InChI is InChI=1S/C20H21N5O3S/c1-12-4-6-16(10-13(12)2)25-20(22-23-24-25)29-14(3)19(26)21-15-5-7-17-18(11-15)28-9-8-27-17/h4-7,10-11,14H,8-9H2,1-3H3,(H,21,26).